The number of anilines is 1. The van der Waals surface area contributed by atoms with Crippen molar-refractivity contribution in [1.82, 2.24) is 10.2 Å². The Morgan fingerprint density at radius 3 is 2.14 bits per heavy atom. The summed E-state index contributed by atoms with van der Waals surface area (Å²) in [6.45, 7) is 3.47. The molecular formula is C33H39Cl2N3O5S. The summed E-state index contributed by atoms with van der Waals surface area (Å²) in [6.07, 6.45) is 5.38. The van der Waals surface area contributed by atoms with E-state index in [4.69, 9.17) is 27.9 Å². The van der Waals surface area contributed by atoms with E-state index in [-0.39, 0.29) is 29.1 Å². The molecule has 1 aliphatic carbocycles. The van der Waals surface area contributed by atoms with Crippen LogP contribution in [0.5, 0.6) is 5.75 Å². The van der Waals surface area contributed by atoms with Crippen molar-refractivity contribution in [2.75, 3.05) is 17.5 Å². The van der Waals surface area contributed by atoms with Gasteiger partial charge in [-0.1, -0.05) is 73.7 Å². The van der Waals surface area contributed by atoms with Crippen LogP contribution in [0.1, 0.15) is 57.9 Å². The topological polar surface area (TPSA) is 96.0 Å². The van der Waals surface area contributed by atoms with Gasteiger partial charge in [-0.05, 0) is 80.3 Å². The minimum absolute atomic E-state index is 0.0349. The monoisotopic (exact) mass is 659 g/mol. The second-order valence-corrected chi connectivity index (χ2v) is 13.5. The number of halogens is 2. The summed E-state index contributed by atoms with van der Waals surface area (Å²) in [6, 6.07) is 18.7. The highest BCUT2D eigenvalue weighted by Gasteiger charge is 2.35. The van der Waals surface area contributed by atoms with Crippen LogP contribution in [0, 0.1) is 0 Å². The molecule has 1 N–H and O–H groups in total. The van der Waals surface area contributed by atoms with E-state index in [0.29, 0.717) is 28.8 Å². The van der Waals surface area contributed by atoms with Crippen molar-refractivity contribution in [1.29, 1.82) is 0 Å². The highest BCUT2D eigenvalue weighted by atomic mass is 35.5. The Balaban J connectivity index is 1.74. The van der Waals surface area contributed by atoms with Crippen molar-refractivity contribution in [3.05, 3.63) is 88.4 Å². The highest BCUT2D eigenvalue weighted by Crippen LogP contribution is 2.33. The Morgan fingerprint density at radius 1 is 0.909 bits per heavy atom. The van der Waals surface area contributed by atoms with Gasteiger partial charge in [0.15, 0.2) is 0 Å². The van der Waals surface area contributed by atoms with Gasteiger partial charge >= 0.3 is 0 Å². The lowest BCUT2D eigenvalue weighted by Gasteiger charge is -2.34. The van der Waals surface area contributed by atoms with Gasteiger partial charge in [-0.2, -0.15) is 0 Å². The fourth-order valence-corrected chi connectivity index (χ4v) is 7.11. The summed E-state index contributed by atoms with van der Waals surface area (Å²) in [5, 5.41) is 4.08. The van der Waals surface area contributed by atoms with Crippen LogP contribution in [0.2, 0.25) is 10.0 Å². The maximum absolute atomic E-state index is 14.3. The van der Waals surface area contributed by atoms with Crippen LogP contribution < -0.4 is 14.4 Å². The van der Waals surface area contributed by atoms with Crippen LogP contribution >= 0.6 is 23.2 Å². The average Bonchev–Trinajstić information content (AvgIpc) is 3.02. The molecule has 0 aliphatic heterocycles. The van der Waals surface area contributed by atoms with Gasteiger partial charge in [-0.3, -0.25) is 13.9 Å². The van der Waals surface area contributed by atoms with Crippen molar-refractivity contribution in [2.45, 2.75) is 75.9 Å². The standard InChI is InChI=1S/C33H39Cl2N3O5S/c1-3-29(33(40)36-27-10-6-5-7-11-27)37(22-24-14-16-25(34)17-15-24)32(39)23-38(30-12-8-9-13-31(30)43-4-2)44(41,42)28-20-18-26(35)19-21-28/h8-9,12-21,27,29H,3-7,10-11,22-23H2,1-2H3,(H,36,40)/t29-/m1/s1. The number of nitrogens with zero attached hydrogens (tertiary/aromatic N) is 2. The minimum atomic E-state index is -4.26. The summed E-state index contributed by atoms with van der Waals surface area (Å²) in [7, 11) is -4.26. The fraction of sp³-hybridized carbons (Fsp3) is 0.394. The molecule has 1 fully saturated rings. The average molecular weight is 661 g/mol. The van der Waals surface area contributed by atoms with Gasteiger partial charge in [0, 0.05) is 22.6 Å². The molecule has 8 nitrogen and oxygen atoms in total. The number of ether oxygens (including phenoxy) is 1. The van der Waals surface area contributed by atoms with E-state index in [1.807, 2.05) is 6.92 Å². The highest BCUT2D eigenvalue weighted by molar-refractivity contribution is 7.92. The van der Waals surface area contributed by atoms with Crippen molar-refractivity contribution in [3.63, 3.8) is 0 Å². The number of amides is 2. The normalized spacial score (nSPS) is 14.5. The molecule has 0 heterocycles. The molecule has 1 aliphatic rings. The predicted molar refractivity (Wildman–Crippen MR) is 175 cm³/mol. The largest absolute Gasteiger partial charge is 0.492 e. The van der Waals surface area contributed by atoms with Gasteiger partial charge in [0.1, 0.15) is 18.3 Å². The lowest BCUT2D eigenvalue weighted by Crippen LogP contribution is -2.54. The van der Waals surface area contributed by atoms with E-state index in [9.17, 15) is 18.0 Å². The van der Waals surface area contributed by atoms with Crippen LogP contribution in [0.3, 0.4) is 0 Å². The lowest BCUT2D eigenvalue weighted by molar-refractivity contribution is -0.140. The number of sulfonamides is 1. The number of nitrogens with one attached hydrogen (secondary N) is 1. The van der Waals surface area contributed by atoms with Gasteiger partial charge in [0.25, 0.3) is 10.0 Å². The SMILES string of the molecule is CCOc1ccccc1N(CC(=O)N(Cc1ccc(Cl)cc1)[C@H](CC)C(=O)NC1CCCCC1)S(=O)(=O)c1ccc(Cl)cc1. The molecule has 0 spiro atoms. The zero-order valence-corrected chi connectivity index (χ0v) is 27.4. The van der Waals surface area contributed by atoms with Crippen molar-refractivity contribution in [3.8, 4) is 5.75 Å². The van der Waals surface area contributed by atoms with Crippen LogP contribution in [-0.4, -0.2) is 50.4 Å². The molecule has 3 aromatic rings. The second-order valence-electron chi connectivity index (χ2n) is 10.8. The molecule has 4 rings (SSSR count). The summed E-state index contributed by atoms with van der Waals surface area (Å²) >= 11 is 12.2. The Hall–Kier alpha value is -3.27. The van der Waals surface area contributed by atoms with Crippen molar-refractivity contribution < 1.29 is 22.7 Å². The minimum Gasteiger partial charge on any atom is -0.492 e. The first kappa shape index (κ1) is 33.6. The summed E-state index contributed by atoms with van der Waals surface area (Å²) < 4.78 is 35.1. The van der Waals surface area contributed by atoms with Gasteiger partial charge in [-0.25, -0.2) is 8.42 Å². The number of rotatable bonds is 13. The molecule has 3 aromatic carbocycles. The van der Waals surface area contributed by atoms with E-state index < -0.39 is 28.5 Å². The van der Waals surface area contributed by atoms with Crippen LogP contribution in [0.4, 0.5) is 5.69 Å². The number of benzene rings is 3. The zero-order valence-electron chi connectivity index (χ0n) is 25.0. The second kappa shape index (κ2) is 15.6. The third-order valence-electron chi connectivity index (χ3n) is 7.72. The number of carbonyl (C=O) groups is 2. The van der Waals surface area contributed by atoms with Gasteiger partial charge < -0.3 is 15.0 Å². The molecule has 11 heteroatoms. The molecule has 44 heavy (non-hydrogen) atoms. The van der Waals surface area contributed by atoms with Gasteiger partial charge in [0.2, 0.25) is 11.8 Å². The van der Waals surface area contributed by atoms with E-state index in [0.717, 1.165) is 42.0 Å². The van der Waals surface area contributed by atoms with E-state index >= 15 is 0 Å². The van der Waals surface area contributed by atoms with Gasteiger partial charge in [-0.15, -0.1) is 0 Å². The Bertz CT molecular complexity index is 1510. The first-order valence-corrected chi connectivity index (χ1v) is 17.2. The Morgan fingerprint density at radius 2 is 1.52 bits per heavy atom. The third-order valence-corrected chi connectivity index (χ3v) is 10.00. The molecular weight excluding hydrogens is 621 g/mol. The fourth-order valence-electron chi connectivity index (χ4n) is 5.44. The molecule has 1 atom stereocenters. The molecule has 1 saturated carbocycles. The quantitative estimate of drug-likeness (QED) is 0.217. The number of carbonyl (C=O) groups excluding carboxylic acids is 2. The summed E-state index contributed by atoms with van der Waals surface area (Å²) in [5.74, 6) is -0.468. The molecule has 0 bridgehead atoms. The number of para-hydroxylation sites is 2. The number of hydrogen-bond donors (Lipinski definition) is 1. The first-order chi connectivity index (χ1) is 21.1. The zero-order chi connectivity index (χ0) is 31.7. The molecule has 0 saturated heterocycles. The predicted octanol–water partition coefficient (Wildman–Crippen LogP) is 6.84. The van der Waals surface area contributed by atoms with Gasteiger partial charge in [0.05, 0.1) is 17.2 Å². The molecule has 2 amide bonds. The van der Waals surface area contributed by atoms with E-state index in [1.54, 1.807) is 55.5 Å². The molecule has 236 valence electrons. The summed E-state index contributed by atoms with van der Waals surface area (Å²) in [4.78, 5) is 29.5. The molecule has 0 radical (unpaired) electrons. The summed E-state index contributed by atoms with van der Waals surface area (Å²) in [5.41, 5.74) is 0.970. The Labute approximate surface area is 270 Å². The Kier molecular flexibility index (Phi) is 11.9. The number of hydrogen-bond acceptors (Lipinski definition) is 5. The first-order valence-electron chi connectivity index (χ1n) is 15.0. The van der Waals surface area contributed by atoms with Crippen LogP contribution in [-0.2, 0) is 26.2 Å². The van der Waals surface area contributed by atoms with Crippen LogP contribution in [0.15, 0.2) is 77.7 Å². The van der Waals surface area contributed by atoms with Crippen molar-refractivity contribution in [2.24, 2.45) is 0 Å². The van der Waals surface area contributed by atoms with E-state index in [1.165, 1.54) is 29.2 Å². The van der Waals surface area contributed by atoms with Crippen LogP contribution in [0.25, 0.3) is 0 Å². The molecule has 0 aromatic heterocycles. The lowest BCUT2D eigenvalue weighted by atomic mass is 9.95. The smallest absolute Gasteiger partial charge is 0.264 e. The third kappa shape index (κ3) is 8.46. The van der Waals surface area contributed by atoms with E-state index in [2.05, 4.69) is 5.32 Å². The maximum atomic E-state index is 14.3. The van der Waals surface area contributed by atoms with Crippen molar-refractivity contribution >= 4 is 50.7 Å². The maximum Gasteiger partial charge on any atom is 0.264 e. The molecule has 0 unspecified atom stereocenters.